The Hall–Kier alpha value is -2.70. The SMILES string of the molecule is C=C(C)C(=O)OC(CC)c1cc(C(C)(C)CO)ccc1-c1cc2n[nH]nc2cc1Cl. The molecular formula is C23H26ClN3O3. The van der Waals surface area contributed by atoms with Crippen LogP contribution >= 0.6 is 11.6 Å². The Labute approximate surface area is 180 Å². The van der Waals surface area contributed by atoms with Gasteiger partial charge in [0.2, 0.25) is 0 Å². The number of carbonyl (C=O) groups is 1. The fraction of sp³-hybridized carbons (Fsp3) is 0.348. The van der Waals surface area contributed by atoms with Crippen LogP contribution in [0.5, 0.6) is 0 Å². The molecule has 0 amide bonds. The van der Waals surface area contributed by atoms with E-state index in [0.29, 0.717) is 28.0 Å². The summed E-state index contributed by atoms with van der Waals surface area (Å²) in [5.74, 6) is -0.447. The first-order valence-corrected chi connectivity index (χ1v) is 10.2. The maximum absolute atomic E-state index is 12.3. The second-order valence-electron chi connectivity index (χ2n) is 8.07. The molecule has 0 saturated heterocycles. The lowest BCUT2D eigenvalue weighted by molar-refractivity contribution is -0.144. The monoisotopic (exact) mass is 427 g/mol. The van der Waals surface area contributed by atoms with Crippen molar-refractivity contribution >= 4 is 28.6 Å². The molecule has 0 bridgehead atoms. The number of esters is 1. The largest absolute Gasteiger partial charge is 0.454 e. The number of aliphatic hydroxyl groups excluding tert-OH is 1. The third-order valence-electron chi connectivity index (χ3n) is 5.24. The predicted molar refractivity (Wildman–Crippen MR) is 118 cm³/mol. The highest BCUT2D eigenvalue weighted by atomic mass is 35.5. The third-order valence-corrected chi connectivity index (χ3v) is 5.55. The van der Waals surface area contributed by atoms with Gasteiger partial charge in [-0.2, -0.15) is 15.4 Å². The van der Waals surface area contributed by atoms with Crippen LogP contribution in [0.3, 0.4) is 0 Å². The highest BCUT2D eigenvalue weighted by Gasteiger charge is 2.26. The highest BCUT2D eigenvalue weighted by Crippen LogP contribution is 2.39. The maximum atomic E-state index is 12.3. The molecule has 1 unspecified atom stereocenters. The number of hydrogen-bond acceptors (Lipinski definition) is 5. The zero-order chi connectivity index (χ0) is 22.1. The first kappa shape index (κ1) is 22.0. The minimum Gasteiger partial charge on any atom is -0.454 e. The summed E-state index contributed by atoms with van der Waals surface area (Å²) < 4.78 is 5.74. The van der Waals surface area contributed by atoms with E-state index in [1.165, 1.54) is 0 Å². The number of aromatic amines is 1. The van der Waals surface area contributed by atoms with E-state index >= 15 is 0 Å². The first-order valence-electron chi connectivity index (χ1n) is 9.80. The van der Waals surface area contributed by atoms with Gasteiger partial charge in [-0.3, -0.25) is 0 Å². The van der Waals surface area contributed by atoms with Crippen LogP contribution in [-0.2, 0) is 14.9 Å². The van der Waals surface area contributed by atoms with Gasteiger partial charge in [-0.25, -0.2) is 4.79 Å². The Kier molecular flexibility index (Phi) is 6.29. The van der Waals surface area contributed by atoms with E-state index in [0.717, 1.165) is 22.3 Å². The highest BCUT2D eigenvalue weighted by molar-refractivity contribution is 6.34. The summed E-state index contributed by atoms with van der Waals surface area (Å²) in [4.78, 5) is 12.3. The van der Waals surface area contributed by atoms with Crippen LogP contribution in [0.2, 0.25) is 5.02 Å². The van der Waals surface area contributed by atoms with E-state index < -0.39 is 17.5 Å². The molecule has 1 aromatic heterocycles. The number of hydrogen-bond donors (Lipinski definition) is 2. The Morgan fingerprint density at radius 2 is 1.90 bits per heavy atom. The van der Waals surface area contributed by atoms with Gasteiger partial charge in [-0.05, 0) is 36.6 Å². The zero-order valence-electron chi connectivity index (χ0n) is 17.6. The molecule has 6 nitrogen and oxygen atoms in total. The van der Waals surface area contributed by atoms with Crippen molar-refractivity contribution in [3.63, 3.8) is 0 Å². The van der Waals surface area contributed by atoms with Gasteiger partial charge in [-0.1, -0.05) is 57.2 Å². The molecule has 0 radical (unpaired) electrons. The average molecular weight is 428 g/mol. The summed E-state index contributed by atoms with van der Waals surface area (Å²) in [6, 6.07) is 9.52. The molecule has 158 valence electrons. The van der Waals surface area contributed by atoms with Gasteiger partial charge < -0.3 is 9.84 Å². The topological polar surface area (TPSA) is 88.1 Å². The van der Waals surface area contributed by atoms with Crippen molar-refractivity contribution in [2.24, 2.45) is 0 Å². The lowest BCUT2D eigenvalue weighted by Gasteiger charge is -2.27. The molecule has 1 heterocycles. The molecule has 2 N–H and O–H groups in total. The minimum atomic E-state index is -0.497. The molecule has 0 aliphatic heterocycles. The summed E-state index contributed by atoms with van der Waals surface area (Å²) in [6.45, 7) is 11.2. The summed E-state index contributed by atoms with van der Waals surface area (Å²) in [6.07, 6.45) is 0.0708. The van der Waals surface area contributed by atoms with E-state index in [2.05, 4.69) is 22.0 Å². The Morgan fingerprint density at radius 3 is 2.50 bits per heavy atom. The van der Waals surface area contributed by atoms with Crippen molar-refractivity contribution in [2.75, 3.05) is 6.61 Å². The minimum absolute atomic E-state index is 0.0141. The van der Waals surface area contributed by atoms with E-state index in [9.17, 15) is 9.90 Å². The van der Waals surface area contributed by atoms with Gasteiger partial charge in [0.15, 0.2) is 0 Å². The molecule has 0 spiro atoms. The number of nitrogens with one attached hydrogen (secondary N) is 1. The summed E-state index contributed by atoms with van der Waals surface area (Å²) in [5, 5.41) is 21.2. The Morgan fingerprint density at radius 1 is 1.23 bits per heavy atom. The first-order chi connectivity index (χ1) is 14.2. The second kappa shape index (κ2) is 8.58. The van der Waals surface area contributed by atoms with Gasteiger partial charge in [0.05, 0.1) is 11.6 Å². The molecule has 3 aromatic rings. The van der Waals surface area contributed by atoms with E-state index in [1.54, 1.807) is 13.0 Å². The smallest absolute Gasteiger partial charge is 0.333 e. The quantitative estimate of drug-likeness (QED) is 0.403. The zero-order valence-corrected chi connectivity index (χ0v) is 18.4. The molecule has 0 aliphatic carbocycles. The second-order valence-corrected chi connectivity index (χ2v) is 8.48. The number of H-pyrrole nitrogens is 1. The van der Waals surface area contributed by atoms with Gasteiger partial charge >= 0.3 is 5.97 Å². The van der Waals surface area contributed by atoms with Crippen LogP contribution in [0.4, 0.5) is 0 Å². The van der Waals surface area contributed by atoms with E-state index in [1.807, 2.05) is 45.0 Å². The molecular weight excluding hydrogens is 402 g/mol. The van der Waals surface area contributed by atoms with Crippen LogP contribution in [0, 0.1) is 0 Å². The molecule has 3 rings (SSSR count). The van der Waals surface area contributed by atoms with Crippen LogP contribution in [0.15, 0.2) is 42.5 Å². The maximum Gasteiger partial charge on any atom is 0.333 e. The van der Waals surface area contributed by atoms with Gasteiger partial charge in [-0.15, -0.1) is 0 Å². The number of aromatic nitrogens is 3. The molecule has 0 fully saturated rings. The number of carbonyl (C=O) groups excluding carboxylic acids is 1. The number of halogens is 1. The van der Waals surface area contributed by atoms with Crippen LogP contribution in [0.25, 0.3) is 22.2 Å². The van der Waals surface area contributed by atoms with Crippen LogP contribution < -0.4 is 0 Å². The van der Waals surface area contributed by atoms with Crippen molar-refractivity contribution in [1.29, 1.82) is 0 Å². The van der Waals surface area contributed by atoms with E-state index in [4.69, 9.17) is 16.3 Å². The molecule has 2 aromatic carbocycles. The lowest BCUT2D eigenvalue weighted by atomic mass is 9.82. The van der Waals surface area contributed by atoms with Gasteiger partial charge in [0.1, 0.15) is 17.1 Å². The average Bonchev–Trinajstić information content (AvgIpc) is 3.17. The fourth-order valence-electron chi connectivity index (χ4n) is 3.25. The van der Waals surface area contributed by atoms with E-state index in [-0.39, 0.29) is 6.61 Å². The number of benzene rings is 2. The van der Waals surface area contributed by atoms with Crippen molar-refractivity contribution in [3.8, 4) is 11.1 Å². The van der Waals surface area contributed by atoms with Crippen LogP contribution in [0.1, 0.15) is 51.3 Å². The third kappa shape index (κ3) is 4.25. The number of ether oxygens (including phenoxy) is 1. The van der Waals surface area contributed by atoms with Crippen molar-refractivity contribution in [3.05, 3.63) is 58.6 Å². The van der Waals surface area contributed by atoms with Crippen molar-refractivity contribution in [1.82, 2.24) is 15.4 Å². The van der Waals surface area contributed by atoms with Crippen molar-refractivity contribution in [2.45, 2.75) is 45.6 Å². The number of fused-ring (bicyclic) bond motifs is 1. The van der Waals surface area contributed by atoms with Crippen LogP contribution in [-0.4, -0.2) is 33.1 Å². The Balaban J connectivity index is 2.21. The number of nitrogens with zero attached hydrogens (tertiary/aromatic N) is 2. The molecule has 1 atom stereocenters. The lowest BCUT2D eigenvalue weighted by Crippen LogP contribution is -2.23. The Bertz CT molecular complexity index is 1100. The standard InChI is InChI=1S/C23H26ClN3O3/c1-6-21(30-22(29)13(2)3)17-9-14(23(4,5)12-28)7-8-15(17)16-10-19-20(11-18(16)24)26-27-25-19/h7-11,21,28H,2,6,12H2,1,3-5H3,(H,25,26,27). The van der Waals surface area contributed by atoms with Crippen molar-refractivity contribution < 1.29 is 14.6 Å². The molecule has 0 saturated carbocycles. The summed E-state index contributed by atoms with van der Waals surface area (Å²) in [7, 11) is 0. The number of rotatable bonds is 7. The normalized spacial score (nSPS) is 12.7. The van der Waals surface area contributed by atoms with Gasteiger partial charge in [0.25, 0.3) is 0 Å². The molecule has 0 aliphatic rings. The molecule has 30 heavy (non-hydrogen) atoms. The van der Waals surface area contributed by atoms with Gasteiger partial charge in [0, 0.05) is 22.1 Å². The predicted octanol–water partition coefficient (Wildman–Crippen LogP) is 5.12. The summed E-state index contributed by atoms with van der Waals surface area (Å²) in [5.41, 5.74) is 4.60. The number of aliphatic hydroxyl groups is 1. The fourth-order valence-corrected chi connectivity index (χ4v) is 3.51. The summed E-state index contributed by atoms with van der Waals surface area (Å²) >= 11 is 6.58. The molecule has 7 heteroatoms.